The maximum atomic E-state index is 14.6. The van der Waals surface area contributed by atoms with Crippen LogP contribution in [0.4, 0.5) is 4.39 Å². The van der Waals surface area contributed by atoms with Crippen LogP contribution in [0.5, 0.6) is 11.5 Å². The van der Waals surface area contributed by atoms with Crippen molar-refractivity contribution in [3.8, 4) is 45.3 Å². The number of benzene rings is 2. The van der Waals surface area contributed by atoms with E-state index in [-0.39, 0.29) is 5.82 Å². The highest BCUT2D eigenvalue weighted by molar-refractivity contribution is 5.97. The number of pyridine rings is 2. The largest absolute Gasteiger partial charge is 0.495 e. The Bertz CT molecular complexity index is 1790. The zero-order chi connectivity index (χ0) is 26.9. The minimum atomic E-state index is -0.380. The minimum Gasteiger partial charge on any atom is -0.495 e. The summed E-state index contributed by atoms with van der Waals surface area (Å²) in [5, 5.41) is 8.50. The van der Waals surface area contributed by atoms with Crippen LogP contribution in [0.1, 0.15) is 0 Å². The van der Waals surface area contributed by atoms with Crippen molar-refractivity contribution >= 4 is 22.1 Å². The number of fused-ring (bicyclic) bond motifs is 2. The fraction of sp³-hybridized carbons (Fsp3) is 0.172. The van der Waals surface area contributed by atoms with E-state index in [4.69, 9.17) is 14.5 Å². The number of methoxy groups -OCH3 is 1. The normalized spacial score (nSPS) is 11.5. The van der Waals surface area contributed by atoms with Crippen molar-refractivity contribution in [2.24, 2.45) is 0 Å². The Kier molecular flexibility index (Phi) is 6.37. The Hall–Kier alpha value is -4.83. The highest BCUT2D eigenvalue weighted by Crippen LogP contribution is 2.34. The number of nitrogens with one attached hydrogen (secondary N) is 2. The fourth-order valence-electron chi connectivity index (χ4n) is 4.47. The number of aromatic amines is 2. The van der Waals surface area contributed by atoms with Crippen molar-refractivity contribution in [2.45, 2.75) is 0 Å². The molecule has 6 aromatic rings. The van der Waals surface area contributed by atoms with Crippen LogP contribution in [0, 0.1) is 5.82 Å². The van der Waals surface area contributed by atoms with E-state index < -0.39 is 0 Å². The number of halogens is 1. The average Bonchev–Trinajstić information content (AvgIpc) is 3.56. The summed E-state index contributed by atoms with van der Waals surface area (Å²) in [6.45, 7) is 1.18. The molecule has 0 amide bonds. The fourth-order valence-corrected chi connectivity index (χ4v) is 4.47. The summed E-state index contributed by atoms with van der Waals surface area (Å²) in [6, 6.07) is 14.5. The topological polar surface area (TPSA) is 105 Å². The molecule has 0 atom stereocenters. The summed E-state index contributed by atoms with van der Waals surface area (Å²) >= 11 is 0. The molecule has 6 rings (SSSR count). The predicted octanol–water partition coefficient (Wildman–Crippen LogP) is 5.32. The quantitative estimate of drug-likeness (QED) is 0.278. The first kappa shape index (κ1) is 24.5. The summed E-state index contributed by atoms with van der Waals surface area (Å²) in [6.07, 6.45) is 5.12. The van der Waals surface area contributed by atoms with Crippen molar-refractivity contribution in [1.29, 1.82) is 0 Å². The second-order valence-electron chi connectivity index (χ2n) is 9.42. The van der Waals surface area contributed by atoms with Crippen LogP contribution in [-0.2, 0) is 0 Å². The molecule has 0 saturated carbocycles. The van der Waals surface area contributed by atoms with E-state index in [0.29, 0.717) is 46.4 Å². The number of hydrogen-bond acceptors (Lipinski definition) is 7. The van der Waals surface area contributed by atoms with Gasteiger partial charge in [0.05, 0.1) is 24.3 Å². The third-order valence-corrected chi connectivity index (χ3v) is 6.45. The van der Waals surface area contributed by atoms with Crippen LogP contribution in [0.3, 0.4) is 0 Å². The van der Waals surface area contributed by atoms with Gasteiger partial charge in [-0.2, -0.15) is 5.10 Å². The molecule has 0 fully saturated rings. The van der Waals surface area contributed by atoms with Crippen molar-refractivity contribution < 1.29 is 13.9 Å². The molecule has 0 aliphatic heterocycles. The monoisotopic (exact) mass is 523 g/mol. The van der Waals surface area contributed by atoms with E-state index >= 15 is 0 Å². The van der Waals surface area contributed by atoms with Gasteiger partial charge in [0, 0.05) is 41.5 Å². The van der Waals surface area contributed by atoms with Gasteiger partial charge in [-0.3, -0.25) is 10.1 Å². The standard InChI is InChI=1S/C29H26FN7O2/c1-37(2)8-9-39-21-11-18(10-20(30)14-21)23-6-7-32-28-26(23)33-29(34-28)27-24-13-17(4-5-25(24)35-36-27)19-12-22(38-3)16-31-15-19/h4-7,10-16H,8-9H2,1-3H3,(H,35,36)(H,32,33,34). The van der Waals surface area contributed by atoms with E-state index in [1.807, 2.05) is 55.4 Å². The number of aromatic nitrogens is 6. The zero-order valence-corrected chi connectivity index (χ0v) is 21.7. The van der Waals surface area contributed by atoms with Crippen LogP contribution in [0.15, 0.2) is 67.1 Å². The number of likely N-dealkylation sites (N-methyl/N-ethyl adjacent to an activating group) is 1. The Balaban J connectivity index is 1.40. The SMILES string of the molecule is COc1cncc(-c2ccc3[nH]nc(-c4nc5nccc(-c6cc(F)cc(OCCN(C)C)c6)c5[nH]4)c3c2)c1. The highest BCUT2D eigenvalue weighted by Gasteiger charge is 2.17. The molecule has 0 aliphatic rings. The van der Waals surface area contributed by atoms with E-state index in [9.17, 15) is 4.39 Å². The third kappa shape index (κ3) is 4.89. The smallest absolute Gasteiger partial charge is 0.178 e. The van der Waals surface area contributed by atoms with Gasteiger partial charge in [-0.25, -0.2) is 14.4 Å². The molecule has 4 heterocycles. The van der Waals surface area contributed by atoms with Gasteiger partial charge >= 0.3 is 0 Å². The van der Waals surface area contributed by atoms with Gasteiger partial charge < -0.3 is 19.4 Å². The molecule has 0 radical (unpaired) electrons. The molecule has 2 aromatic carbocycles. The average molecular weight is 524 g/mol. The molecule has 0 aliphatic carbocycles. The molecule has 4 aromatic heterocycles. The molecule has 196 valence electrons. The zero-order valence-electron chi connectivity index (χ0n) is 21.7. The van der Waals surface area contributed by atoms with Crippen LogP contribution in [0.25, 0.3) is 55.8 Å². The first-order chi connectivity index (χ1) is 19.0. The number of rotatable bonds is 8. The molecule has 10 heteroatoms. The lowest BCUT2D eigenvalue weighted by atomic mass is 10.0. The number of ether oxygens (including phenoxy) is 2. The Morgan fingerprint density at radius 1 is 0.949 bits per heavy atom. The number of nitrogens with zero attached hydrogens (tertiary/aromatic N) is 5. The first-order valence-corrected chi connectivity index (χ1v) is 12.4. The lowest BCUT2D eigenvalue weighted by molar-refractivity contribution is 0.260. The summed E-state index contributed by atoms with van der Waals surface area (Å²) in [5.41, 5.74) is 6.02. The summed E-state index contributed by atoms with van der Waals surface area (Å²) in [7, 11) is 5.54. The first-order valence-electron chi connectivity index (χ1n) is 12.4. The molecule has 9 nitrogen and oxygen atoms in total. The lowest BCUT2D eigenvalue weighted by Gasteiger charge is -2.12. The molecule has 0 unspecified atom stereocenters. The van der Waals surface area contributed by atoms with Crippen LogP contribution in [0.2, 0.25) is 0 Å². The molecular formula is C29H26FN7O2. The number of hydrogen-bond donors (Lipinski definition) is 2. The minimum absolute atomic E-state index is 0.380. The van der Waals surface area contributed by atoms with Gasteiger partial charge in [0.15, 0.2) is 11.5 Å². The van der Waals surface area contributed by atoms with Crippen LogP contribution >= 0.6 is 0 Å². The van der Waals surface area contributed by atoms with Crippen molar-refractivity contribution in [3.63, 3.8) is 0 Å². The lowest BCUT2D eigenvalue weighted by Crippen LogP contribution is -2.19. The maximum absolute atomic E-state index is 14.6. The van der Waals surface area contributed by atoms with Crippen molar-refractivity contribution in [1.82, 2.24) is 35.0 Å². The Labute approximate surface area is 223 Å². The van der Waals surface area contributed by atoms with E-state index in [2.05, 4.69) is 25.1 Å². The van der Waals surface area contributed by atoms with Gasteiger partial charge in [-0.15, -0.1) is 0 Å². The van der Waals surface area contributed by atoms with E-state index in [1.54, 1.807) is 25.7 Å². The molecule has 0 spiro atoms. The van der Waals surface area contributed by atoms with Gasteiger partial charge in [0.25, 0.3) is 0 Å². The van der Waals surface area contributed by atoms with E-state index in [0.717, 1.165) is 34.1 Å². The molecule has 0 saturated heterocycles. The summed E-state index contributed by atoms with van der Waals surface area (Å²) in [4.78, 5) is 18.8. The van der Waals surface area contributed by atoms with Crippen molar-refractivity contribution in [2.75, 3.05) is 34.4 Å². The second kappa shape index (κ2) is 10.1. The number of imidazole rings is 1. The van der Waals surface area contributed by atoms with E-state index in [1.165, 1.54) is 12.1 Å². The Morgan fingerprint density at radius 3 is 2.67 bits per heavy atom. The molecule has 0 bridgehead atoms. The van der Waals surface area contributed by atoms with Crippen LogP contribution < -0.4 is 9.47 Å². The molecule has 39 heavy (non-hydrogen) atoms. The summed E-state index contributed by atoms with van der Waals surface area (Å²) < 4.78 is 25.7. The maximum Gasteiger partial charge on any atom is 0.178 e. The molecular weight excluding hydrogens is 497 g/mol. The molecule has 2 N–H and O–H groups in total. The Morgan fingerprint density at radius 2 is 1.82 bits per heavy atom. The van der Waals surface area contributed by atoms with Gasteiger partial charge in [0.2, 0.25) is 0 Å². The van der Waals surface area contributed by atoms with Gasteiger partial charge in [-0.05, 0) is 61.6 Å². The predicted molar refractivity (Wildman–Crippen MR) is 148 cm³/mol. The second-order valence-corrected chi connectivity index (χ2v) is 9.42. The van der Waals surface area contributed by atoms with Crippen molar-refractivity contribution in [3.05, 3.63) is 72.9 Å². The summed E-state index contributed by atoms with van der Waals surface area (Å²) in [5.74, 6) is 1.32. The third-order valence-electron chi connectivity index (χ3n) is 6.45. The van der Waals surface area contributed by atoms with Crippen LogP contribution in [-0.4, -0.2) is 69.4 Å². The number of H-pyrrole nitrogens is 2. The van der Waals surface area contributed by atoms with Gasteiger partial charge in [0.1, 0.15) is 29.6 Å². The van der Waals surface area contributed by atoms with Gasteiger partial charge in [-0.1, -0.05) is 6.07 Å². The highest BCUT2D eigenvalue weighted by atomic mass is 19.1.